The van der Waals surface area contributed by atoms with Gasteiger partial charge in [-0.25, -0.2) is 13.4 Å². The number of carbonyl (C=O) groups excluding carboxylic acids is 1. The van der Waals surface area contributed by atoms with Gasteiger partial charge in [0.1, 0.15) is 0 Å². The maximum Gasteiger partial charge on any atom is 0.251 e. The lowest BCUT2D eigenvalue weighted by Gasteiger charge is -2.20. The zero-order valence-electron chi connectivity index (χ0n) is 18.9. The second-order valence-electron chi connectivity index (χ2n) is 8.58. The van der Waals surface area contributed by atoms with Crippen LogP contribution in [-0.4, -0.2) is 47.0 Å². The molecule has 1 aromatic heterocycles. The fourth-order valence-electron chi connectivity index (χ4n) is 4.51. The van der Waals surface area contributed by atoms with Crippen LogP contribution in [-0.2, 0) is 23.1 Å². The van der Waals surface area contributed by atoms with Crippen molar-refractivity contribution in [3.63, 3.8) is 0 Å². The molecule has 7 nitrogen and oxygen atoms in total. The molecule has 5 rings (SSSR count). The molecule has 0 radical (unpaired) electrons. The van der Waals surface area contributed by atoms with Crippen molar-refractivity contribution < 1.29 is 13.2 Å². The molecule has 0 bridgehead atoms. The highest BCUT2D eigenvalue weighted by Gasteiger charge is 2.26. The third kappa shape index (κ3) is 4.64. The first-order chi connectivity index (χ1) is 16.5. The molecule has 9 heteroatoms. The predicted octanol–water partition coefficient (Wildman–Crippen LogP) is 4.15. The zero-order valence-corrected chi connectivity index (χ0v) is 20.6. The van der Waals surface area contributed by atoms with E-state index < -0.39 is 10.0 Å². The molecule has 0 aliphatic carbocycles. The van der Waals surface area contributed by atoms with Crippen molar-refractivity contribution in [2.24, 2.45) is 0 Å². The Morgan fingerprint density at radius 3 is 2.35 bits per heavy atom. The van der Waals surface area contributed by atoms with Crippen molar-refractivity contribution in [3.05, 3.63) is 65.9 Å². The first-order valence-corrected chi connectivity index (χ1v) is 14.1. The lowest BCUT2D eigenvalue weighted by Crippen LogP contribution is -2.32. The number of imidazole rings is 1. The highest BCUT2D eigenvalue weighted by molar-refractivity contribution is 7.99. The average molecular weight is 497 g/mol. The normalized spacial score (nSPS) is 16.7. The fourth-order valence-corrected chi connectivity index (χ4v) is 7.00. The van der Waals surface area contributed by atoms with E-state index in [0.717, 1.165) is 60.1 Å². The van der Waals surface area contributed by atoms with Crippen LogP contribution in [0.2, 0.25) is 0 Å². The van der Waals surface area contributed by atoms with Gasteiger partial charge >= 0.3 is 0 Å². The molecule has 0 unspecified atom stereocenters. The number of fused-ring (bicyclic) bond motifs is 1. The summed E-state index contributed by atoms with van der Waals surface area (Å²) in [6.45, 7) is 2.34. The van der Waals surface area contributed by atoms with Gasteiger partial charge in [0, 0.05) is 36.5 Å². The highest BCUT2D eigenvalue weighted by atomic mass is 32.2. The van der Waals surface area contributed by atoms with Gasteiger partial charge in [0.05, 0.1) is 22.8 Å². The molecule has 3 heterocycles. The lowest BCUT2D eigenvalue weighted by molar-refractivity contribution is 0.0950. The van der Waals surface area contributed by atoms with E-state index in [9.17, 15) is 13.2 Å². The molecule has 1 saturated heterocycles. The molecule has 1 N–H and O–H groups in total. The summed E-state index contributed by atoms with van der Waals surface area (Å²) >= 11 is 1.72. The molecule has 1 fully saturated rings. The van der Waals surface area contributed by atoms with E-state index in [2.05, 4.69) is 9.88 Å². The largest absolute Gasteiger partial charge is 0.346 e. The number of aromatic nitrogens is 2. The van der Waals surface area contributed by atoms with Crippen molar-refractivity contribution in [1.29, 1.82) is 0 Å². The summed E-state index contributed by atoms with van der Waals surface area (Å²) in [7, 11) is -3.53. The number of carbonyl (C=O) groups is 1. The zero-order chi connectivity index (χ0) is 23.5. The second-order valence-corrected chi connectivity index (χ2v) is 11.6. The average Bonchev–Trinajstić information content (AvgIpc) is 3.33. The topological polar surface area (TPSA) is 84.3 Å². The maximum atomic E-state index is 13.0. The first-order valence-electron chi connectivity index (χ1n) is 11.7. The predicted molar refractivity (Wildman–Crippen MR) is 133 cm³/mol. The number of amides is 1. The van der Waals surface area contributed by atoms with E-state index in [1.807, 2.05) is 30.3 Å². The van der Waals surface area contributed by atoms with E-state index >= 15 is 0 Å². The summed E-state index contributed by atoms with van der Waals surface area (Å²) in [6, 6.07) is 16.3. The van der Waals surface area contributed by atoms with Gasteiger partial charge in [0.25, 0.3) is 5.91 Å². The minimum absolute atomic E-state index is 0.237. The Labute approximate surface area is 204 Å². The molecule has 1 amide bonds. The van der Waals surface area contributed by atoms with Crippen molar-refractivity contribution >= 4 is 27.7 Å². The SMILES string of the molecule is O=C(NCc1c(-c2ccccc2)nc2n1CCS2)c1ccc(S(=O)(=O)N2CCCCCC2)cc1. The monoisotopic (exact) mass is 496 g/mol. The van der Waals surface area contributed by atoms with E-state index in [-0.39, 0.29) is 10.8 Å². The molecule has 2 aliphatic heterocycles. The number of sulfonamides is 1. The van der Waals surface area contributed by atoms with Gasteiger partial charge in [-0.3, -0.25) is 4.79 Å². The van der Waals surface area contributed by atoms with Crippen molar-refractivity contribution in [2.75, 3.05) is 18.8 Å². The van der Waals surface area contributed by atoms with Crippen LogP contribution in [0.1, 0.15) is 41.7 Å². The molecular formula is C25H28N4O3S2. The third-order valence-corrected chi connectivity index (χ3v) is 9.24. The van der Waals surface area contributed by atoms with Crippen LogP contribution >= 0.6 is 11.8 Å². The van der Waals surface area contributed by atoms with Crippen LogP contribution in [0.4, 0.5) is 0 Å². The molecule has 34 heavy (non-hydrogen) atoms. The van der Waals surface area contributed by atoms with Crippen molar-refractivity contribution in [3.8, 4) is 11.3 Å². The van der Waals surface area contributed by atoms with Gasteiger partial charge in [-0.2, -0.15) is 4.31 Å². The van der Waals surface area contributed by atoms with Gasteiger partial charge in [-0.1, -0.05) is 54.9 Å². The number of nitrogens with zero attached hydrogens (tertiary/aromatic N) is 3. The summed E-state index contributed by atoms with van der Waals surface area (Å²) in [5, 5.41) is 3.98. The third-order valence-electron chi connectivity index (χ3n) is 6.37. The maximum absolute atomic E-state index is 13.0. The summed E-state index contributed by atoms with van der Waals surface area (Å²) in [4.78, 5) is 17.9. The van der Waals surface area contributed by atoms with Crippen LogP contribution < -0.4 is 5.32 Å². The summed E-state index contributed by atoms with van der Waals surface area (Å²) in [5.74, 6) is 0.740. The Kier molecular flexibility index (Phi) is 6.76. The molecule has 3 aromatic rings. The highest BCUT2D eigenvalue weighted by Crippen LogP contribution is 2.33. The minimum atomic E-state index is -3.53. The van der Waals surface area contributed by atoms with Gasteiger partial charge < -0.3 is 9.88 Å². The van der Waals surface area contributed by atoms with Crippen LogP contribution in [0.5, 0.6) is 0 Å². The molecule has 178 valence electrons. The number of benzene rings is 2. The van der Waals surface area contributed by atoms with Gasteiger partial charge in [-0.05, 0) is 37.1 Å². The number of rotatable bonds is 6. The van der Waals surface area contributed by atoms with E-state index in [4.69, 9.17) is 4.98 Å². The number of hydrogen-bond acceptors (Lipinski definition) is 5. The van der Waals surface area contributed by atoms with E-state index in [0.29, 0.717) is 25.2 Å². The fraction of sp³-hybridized carbons (Fsp3) is 0.360. The van der Waals surface area contributed by atoms with Crippen LogP contribution in [0.15, 0.2) is 64.6 Å². The molecule has 0 spiro atoms. The summed E-state index contributed by atoms with van der Waals surface area (Å²) in [5.41, 5.74) is 3.34. The van der Waals surface area contributed by atoms with Crippen molar-refractivity contribution in [1.82, 2.24) is 19.2 Å². The van der Waals surface area contributed by atoms with Gasteiger partial charge in [0.2, 0.25) is 10.0 Å². The summed E-state index contributed by atoms with van der Waals surface area (Å²) in [6.07, 6.45) is 3.91. The van der Waals surface area contributed by atoms with Gasteiger partial charge in [0.15, 0.2) is 5.16 Å². The smallest absolute Gasteiger partial charge is 0.251 e. The Bertz CT molecular complexity index is 1260. The second kappa shape index (κ2) is 9.93. The Morgan fingerprint density at radius 1 is 0.941 bits per heavy atom. The lowest BCUT2D eigenvalue weighted by atomic mass is 10.1. The summed E-state index contributed by atoms with van der Waals surface area (Å²) < 4.78 is 29.7. The van der Waals surface area contributed by atoms with Crippen LogP contribution in [0, 0.1) is 0 Å². The number of nitrogens with one attached hydrogen (secondary N) is 1. The standard InChI is InChI=1S/C25H28N4O3S2/c30-24(20-10-12-21(13-11-20)34(31,32)28-14-6-1-2-7-15-28)26-18-22-23(19-8-4-3-5-9-19)27-25-29(22)16-17-33-25/h3-5,8-13H,1-2,6-7,14-18H2,(H,26,30). The van der Waals surface area contributed by atoms with Crippen LogP contribution in [0.3, 0.4) is 0 Å². The molecule has 2 aliphatic rings. The quantitative estimate of drug-likeness (QED) is 0.554. The van der Waals surface area contributed by atoms with E-state index in [1.165, 1.54) is 12.1 Å². The molecule has 0 saturated carbocycles. The molecule has 0 atom stereocenters. The molecular weight excluding hydrogens is 468 g/mol. The van der Waals surface area contributed by atoms with Crippen LogP contribution in [0.25, 0.3) is 11.3 Å². The minimum Gasteiger partial charge on any atom is -0.346 e. The van der Waals surface area contributed by atoms with E-state index in [1.54, 1.807) is 28.2 Å². The van der Waals surface area contributed by atoms with Gasteiger partial charge in [-0.15, -0.1) is 0 Å². The van der Waals surface area contributed by atoms with Crippen molar-refractivity contribution in [2.45, 2.75) is 48.8 Å². The first kappa shape index (κ1) is 23.1. The Balaban J connectivity index is 1.31. The number of hydrogen-bond donors (Lipinski definition) is 1. The Hall–Kier alpha value is -2.62. The number of thioether (sulfide) groups is 1. The molecule has 2 aromatic carbocycles. The Morgan fingerprint density at radius 2 is 1.65 bits per heavy atom.